The number of benzene rings is 1. The maximum absolute atomic E-state index is 12.8. The molecule has 0 radical (unpaired) electrons. The number of carbonyl (C=O) groups is 2. The van der Waals surface area contributed by atoms with Crippen LogP contribution in [0.4, 0.5) is 0 Å². The number of ketones is 1. The molecule has 1 aromatic carbocycles. The second-order valence-corrected chi connectivity index (χ2v) is 10.4. The number of rotatable bonds is 5. The molecule has 6 nitrogen and oxygen atoms in total. The number of sulfonamides is 1. The van der Waals surface area contributed by atoms with Crippen LogP contribution in [-0.4, -0.2) is 55.5 Å². The van der Waals surface area contributed by atoms with Crippen molar-refractivity contribution < 1.29 is 18.0 Å². The molecule has 3 aliphatic rings. The molecule has 1 saturated heterocycles. The van der Waals surface area contributed by atoms with Crippen LogP contribution in [0.3, 0.4) is 0 Å². The van der Waals surface area contributed by atoms with Gasteiger partial charge in [-0.25, -0.2) is 8.42 Å². The van der Waals surface area contributed by atoms with Crippen LogP contribution in [0.15, 0.2) is 29.2 Å². The van der Waals surface area contributed by atoms with E-state index in [1.165, 1.54) is 49.0 Å². The lowest BCUT2D eigenvalue weighted by atomic mass is 9.86. The van der Waals surface area contributed by atoms with Crippen molar-refractivity contribution in [3.8, 4) is 0 Å². The average molecular weight is 405 g/mol. The molecule has 28 heavy (non-hydrogen) atoms. The highest BCUT2D eigenvalue weighted by Gasteiger charge is 2.41. The van der Waals surface area contributed by atoms with Crippen molar-refractivity contribution in [3.05, 3.63) is 29.8 Å². The number of fused-ring (bicyclic) bond motifs is 2. The first-order chi connectivity index (χ1) is 13.3. The lowest BCUT2D eigenvalue weighted by molar-refractivity contribution is -0.133. The molecule has 3 atom stereocenters. The number of Topliss-reactive ketones (excluding diaryl/α,β-unsaturated/α-hetero) is 1. The number of hydrogen-bond donors (Lipinski definition) is 0. The van der Waals surface area contributed by atoms with Crippen LogP contribution in [0.25, 0.3) is 0 Å². The van der Waals surface area contributed by atoms with E-state index in [1.54, 1.807) is 12.1 Å². The SMILES string of the molecule is CC(=O)c1ccc(S(=O)(=O)N2CCN(C(=O)C[C@@H]3C[C@@H]4CC[C@@H]3C4)CC2)cc1. The molecule has 1 heterocycles. The van der Waals surface area contributed by atoms with Gasteiger partial charge in [-0.3, -0.25) is 9.59 Å². The van der Waals surface area contributed by atoms with Crippen LogP contribution in [0.5, 0.6) is 0 Å². The van der Waals surface area contributed by atoms with Gasteiger partial charge in [0.05, 0.1) is 4.90 Å². The summed E-state index contributed by atoms with van der Waals surface area (Å²) < 4.78 is 27.1. The summed E-state index contributed by atoms with van der Waals surface area (Å²) in [6.07, 6.45) is 5.73. The summed E-state index contributed by atoms with van der Waals surface area (Å²) in [5, 5.41) is 0. The van der Waals surface area contributed by atoms with Crippen molar-refractivity contribution in [1.82, 2.24) is 9.21 Å². The minimum Gasteiger partial charge on any atom is -0.340 e. The van der Waals surface area contributed by atoms with Crippen molar-refractivity contribution in [2.24, 2.45) is 17.8 Å². The molecule has 2 aliphatic carbocycles. The van der Waals surface area contributed by atoms with Crippen molar-refractivity contribution in [2.75, 3.05) is 26.2 Å². The standard InChI is InChI=1S/C21H28N2O4S/c1-15(24)17-4-6-20(7-5-17)28(26,27)23-10-8-22(9-11-23)21(25)14-19-13-16-2-3-18(19)12-16/h4-7,16,18-19H,2-3,8-14H2,1H3/t16-,18-,19+/m1/s1. The summed E-state index contributed by atoms with van der Waals surface area (Å²) in [6.45, 7) is 2.99. The minimum atomic E-state index is -3.60. The predicted octanol–water partition coefficient (Wildman–Crippen LogP) is 2.55. The van der Waals surface area contributed by atoms with Gasteiger partial charge in [0.2, 0.25) is 15.9 Å². The Morgan fingerprint density at radius 2 is 1.68 bits per heavy atom. The Bertz CT molecular complexity index is 857. The minimum absolute atomic E-state index is 0.0911. The third-order valence-electron chi connectivity index (χ3n) is 6.81. The van der Waals surface area contributed by atoms with Gasteiger partial charge >= 0.3 is 0 Å². The van der Waals surface area contributed by atoms with E-state index in [0.717, 1.165) is 11.8 Å². The zero-order valence-electron chi connectivity index (χ0n) is 16.3. The van der Waals surface area contributed by atoms with Gasteiger partial charge in [0, 0.05) is 38.2 Å². The second kappa shape index (κ2) is 7.59. The van der Waals surface area contributed by atoms with Crippen molar-refractivity contribution in [2.45, 2.75) is 43.9 Å². The number of carbonyl (C=O) groups excluding carboxylic acids is 2. The Kier molecular flexibility index (Phi) is 5.31. The quantitative estimate of drug-likeness (QED) is 0.707. The smallest absolute Gasteiger partial charge is 0.243 e. The van der Waals surface area contributed by atoms with E-state index in [9.17, 15) is 18.0 Å². The molecule has 0 N–H and O–H groups in total. The molecule has 1 aliphatic heterocycles. The molecule has 7 heteroatoms. The normalized spacial score (nSPS) is 27.9. The first kappa shape index (κ1) is 19.6. The summed E-state index contributed by atoms with van der Waals surface area (Å²) in [4.78, 5) is 26.1. The van der Waals surface area contributed by atoms with Crippen molar-refractivity contribution >= 4 is 21.7 Å². The van der Waals surface area contributed by atoms with Crippen LogP contribution in [0.2, 0.25) is 0 Å². The fourth-order valence-electron chi connectivity index (χ4n) is 5.17. The van der Waals surface area contributed by atoms with E-state index in [-0.39, 0.29) is 16.6 Å². The summed E-state index contributed by atoms with van der Waals surface area (Å²) in [5.41, 5.74) is 0.495. The summed E-state index contributed by atoms with van der Waals surface area (Å²) in [7, 11) is -3.60. The van der Waals surface area contributed by atoms with Crippen LogP contribution in [0.1, 0.15) is 49.4 Å². The van der Waals surface area contributed by atoms with Gasteiger partial charge in [-0.15, -0.1) is 0 Å². The van der Waals surface area contributed by atoms with E-state index >= 15 is 0 Å². The van der Waals surface area contributed by atoms with Crippen LogP contribution in [0, 0.1) is 17.8 Å². The Hall–Kier alpha value is -1.73. The fraction of sp³-hybridized carbons (Fsp3) is 0.619. The number of piperazine rings is 1. The molecule has 2 bridgehead atoms. The fourth-order valence-corrected chi connectivity index (χ4v) is 6.59. The maximum Gasteiger partial charge on any atom is 0.243 e. The molecule has 152 valence electrons. The van der Waals surface area contributed by atoms with Gasteiger partial charge in [-0.2, -0.15) is 4.31 Å². The molecule has 1 aromatic rings. The number of nitrogens with zero attached hydrogens (tertiary/aromatic N) is 2. The lowest BCUT2D eigenvalue weighted by Gasteiger charge is -2.35. The van der Waals surface area contributed by atoms with Crippen molar-refractivity contribution in [1.29, 1.82) is 0 Å². The van der Waals surface area contributed by atoms with Gasteiger partial charge in [-0.1, -0.05) is 18.6 Å². The van der Waals surface area contributed by atoms with Crippen molar-refractivity contribution in [3.63, 3.8) is 0 Å². The Labute approximate surface area is 166 Å². The molecule has 0 aromatic heterocycles. The number of amides is 1. The largest absolute Gasteiger partial charge is 0.340 e. The summed E-state index contributed by atoms with van der Waals surface area (Å²) in [5.74, 6) is 2.19. The van der Waals surface area contributed by atoms with Gasteiger partial charge < -0.3 is 4.90 Å². The zero-order valence-corrected chi connectivity index (χ0v) is 17.2. The van der Waals surface area contributed by atoms with Gasteiger partial charge in [-0.05, 0) is 56.1 Å². The molecule has 3 fully saturated rings. The molecule has 0 unspecified atom stereocenters. The highest BCUT2D eigenvalue weighted by molar-refractivity contribution is 7.89. The molecule has 4 rings (SSSR count). The monoisotopic (exact) mass is 404 g/mol. The number of hydrogen-bond acceptors (Lipinski definition) is 4. The third kappa shape index (κ3) is 3.74. The highest BCUT2D eigenvalue weighted by atomic mass is 32.2. The summed E-state index contributed by atoms with van der Waals surface area (Å²) >= 11 is 0. The summed E-state index contributed by atoms with van der Waals surface area (Å²) in [6, 6.07) is 6.06. The molecule has 1 amide bonds. The first-order valence-electron chi connectivity index (χ1n) is 10.2. The Morgan fingerprint density at radius 1 is 1.00 bits per heavy atom. The molecular weight excluding hydrogens is 376 g/mol. The van der Waals surface area contributed by atoms with Gasteiger partial charge in [0.15, 0.2) is 5.78 Å². The van der Waals surface area contributed by atoms with E-state index in [4.69, 9.17) is 0 Å². The van der Waals surface area contributed by atoms with E-state index in [0.29, 0.717) is 44.1 Å². The predicted molar refractivity (Wildman–Crippen MR) is 105 cm³/mol. The third-order valence-corrected chi connectivity index (χ3v) is 8.72. The topological polar surface area (TPSA) is 74.8 Å². The Morgan fingerprint density at radius 3 is 2.21 bits per heavy atom. The van der Waals surface area contributed by atoms with Crippen LogP contribution >= 0.6 is 0 Å². The highest BCUT2D eigenvalue weighted by Crippen LogP contribution is 2.49. The second-order valence-electron chi connectivity index (χ2n) is 8.50. The first-order valence-corrected chi connectivity index (χ1v) is 11.7. The molecular formula is C21H28N2O4S. The van der Waals surface area contributed by atoms with E-state index in [1.807, 2.05) is 4.90 Å². The van der Waals surface area contributed by atoms with E-state index in [2.05, 4.69) is 0 Å². The lowest BCUT2D eigenvalue weighted by Crippen LogP contribution is -2.50. The van der Waals surface area contributed by atoms with Gasteiger partial charge in [0.1, 0.15) is 0 Å². The average Bonchev–Trinajstić information content (AvgIpc) is 3.31. The van der Waals surface area contributed by atoms with E-state index < -0.39 is 10.0 Å². The van der Waals surface area contributed by atoms with Gasteiger partial charge in [0.25, 0.3) is 0 Å². The maximum atomic E-state index is 12.8. The Balaban J connectivity index is 1.34. The van der Waals surface area contributed by atoms with Crippen LogP contribution < -0.4 is 0 Å². The molecule has 2 saturated carbocycles. The molecule has 0 spiro atoms. The van der Waals surface area contributed by atoms with Crippen LogP contribution in [-0.2, 0) is 14.8 Å². The zero-order chi connectivity index (χ0) is 19.9.